The van der Waals surface area contributed by atoms with Gasteiger partial charge in [0.05, 0.1) is 0 Å². The van der Waals surface area contributed by atoms with Gasteiger partial charge < -0.3 is 5.73 Å². The van der Waals surface area contributed by atoms with Crippen LogP contribution in [0.3, 0.4) is 0 Å². The fraction of sp³-hybridized carbons (Fsp3) is 0.500. The number of nitrogens with two attached hydrogens (primary N) is 1. The van der Waals surface area contributed by atoms with E-state index in [1.54, 1.807) is 0 Å². The first-order valence-electron chi connectivity index (χ1n) is 6.20. The molecule has 3 nitrogen and oxygen atoms in total. The van der Waals surface area contributed by atoms with Crippen molar-refractivity contribution >= 4 is 5.91 Å². The summed E-state index contributed by atoms with van der Waals surface area (Å²) in [5.74, 6) is -0.159. The second kappa shape index (κ2) is 4.49. The van der Waals surface area contributed by atoms with Gasteiger partial charge in [-0.1, -0.05) is 44.2 Å². The third-order valence-electron chi connectivity index (χ3n) is 3.49. The number of rotatable bonds is 5. The molecule has 0 saturated heterocycles. The minimum absolute atomic E-state index is 0.128. The first-order chi connectivity index (χ1) is 8.07. The molecule has 1 aromatic carbocycles. The van der Waals surface area contributed by atoms with Crippen LogP contribution in [0.4, 0.5) is 0 Å². The second-order valence-corrected chi connectivity index (χ2v) is 5.11. The Hall–Kier alpha value is -1.35. The van der Waals surface area contributed by atoms with Crippen LogP contribution < -0.4 is 11.1 Å². The van der Waals surface area contributed by atoms with Crippen LogP contribution in [-0.4, -0.2) is 11.9 Å². The summed E-state index contributed by atoms with van der Waals surface area (Å²) in [4.78, 5) is 12.0. The van der Waals surface area contributed by atoms with Gasteiger partial charge in [-0.3, -0.25) is 10.1 Å². The van der Waals surface area contributed by atoms with E-state index in [1.165, 1.54) is 0 Å². The number of carbonyl (C=O) groups is 1. The lowest BCUT2D eigenvalue weighted by Gasteiger charge is -2.36. The molecule has 0 radical (unpaired) electrons. The molecule has 1 fully saturated rings. The van der Waals surface area contributed by atoms with Crippen LogP contribution in [-0.2, 0) is 10.3 Å². The van der Waals surface area contributed by atoms with Crippen molar-refractivity contribution < 1.29 is 4.79 Å². The Balaban J connectivity index is 2.42. The third-order valence-corrected chi connectivity index (χ3v) is 3.49. The molecule has 2 rings (SSSR count). The molecule has 1 saturated carbocycles. The fourth-order valence-electron chi connectivity index (χ4n) is 2.33. The fourth-order valence-corrected chi connectivity index (χ4v) is 2.33. The largest absolute Gasteiger partial charge is 0.368 e. The van der Waals surface area contributed by atoms with Crippen LogP contribution in [0.1, 0.15) is 32.3 Å². The lowest BCUT2D eigenvalue weighted by Crippen LogP contribution is -2.57. The highest BCUT2D eigenvalue weighted by molar-refractivity contribution is 5.86. The minimum atomic E-state index is -0.734. The predicted octanol–water partition coefficient (Wildman–Crippen LogP) is 1.78. The normalized spacial score (nSPS) is 19.0. The first kappa shape index (κ1) is 12.1. The number of amides is 1. The number of hydrogen-bond donors (Lipinski definition) is 2. The zero-order chi connectivity index (χ0) is 12.5. The Labute approximate surface area is 102 Å². The molecular formula is C14H20N2O. The van der Waals surface area contributed by atoms with Gasteiger partial charge in [0.25, 0.3) is 0 Å². The molecule has 3 heteroatoms. The highest BCUT2D eigenvalue weighted by atomic mass is 16.1. The van der Waals surface area contributed by atoms with Gasteiger partial charge in [0, 0.05) is 6.04 Å². The van der Waals surface area contributed by atoms with E-state index in [0.717, 1.165) is 18.4 Å². The number of primary amides is 1. The van der Waals surface area contributed by atoms with E-state index in [-0.39, 0.29) is 11.8 Å². The number of nitrogens with one attached hydrogen (secondary N) is 1. The molecule has 17 heavy (non-hydrogen) atoms. The zero-order valence-electron chi connectivity index (χ0n) is 10.4. The van der Waals surface area contributed by atoms with E-state index >= 15 is 0 Å². The summed E-state index contributed by atoms with van der Waals surface area (Å²) < 4.78 is 0. The van der Waals surface area contributed by atoms with Crippen LogP contribution in [0.25, 0.3) is 0 Å². The molecule has 0 aliphatic heterocycles. The summed E-state index contributed by atoms with van der Waals surface area (Å²) in [5.41, 5.74) is 5.91. The highest BCUT2D eigenvalue weighted by Crippen LogP contribution is 2.34. The van der Waals surface area contributed by atoms with Gasteiger partial charge in [-0.05, 0) is 24.3 Å². The summed E-state index contributed by atoms with van der Waals surface area (Å²) in [6, 6.07) is 10.2. The lowest BCUT2D eigenvalue weighted by molar-refractivity contribution is -0.126. The Morgan fingerprint density at radius 1 is 1.35 bits per heavy atom. The number of benzene rings is 1. The standard InChI is InChI=1S/C14H20N2O/c1-10(2)14(13(15)17,16-12-8-9-12)11-6-4-3-5-7-11/h3-7,10,12,16H,8-9H2,1-2H3,(H2,15,17). The Morgan fingerprint density at radius 2 is 1.94 bits per heavy atom. The molecular weight excluding hydrogens is 212 g/mol. The maximum Gasteiger partial charge on any atom is 0.242 e. The summed E-state index contributed by atoms with van der Waals surface area (Å²) in [6.07, 6.45) is 2.27. The van der Waals surface area contributed by atoms with Crippen molar-refractivity contribution in [1.82, 2.24) is 5.32 Å². The van der Waals surface area contributed by atoms with Crippen molar-refractivity contribution in [3.8, 4) is 0 Å². The molecule has 0 aromatic heterocycles. The van der Waals surface area contributed by atoms with Crippen molar-refractivity contribution in [2.75, 3.05) is 0 Å². The number of carbonyl (C=O) groups excluding carboxylic acids is 1. The van der Waals surface area contributed by atoms with E-state index in [4.69, 9.17) is 5.73 Å². The van der Waals surface area contributed by atoms with Gasteiger partial charge in [-0.25, -0.2) is 0 Å². The topological polar surface area (TPSA) is 55.1 Å². The SMILES string of the molecule is CC(C)C(NC1CC1)(C(N)=O)c1ccccc1. The molecule has 1 aliphatic carbocycles. The van der Waals surface area contributed by atoms with Crippen molar-refractivity contribution in [1.29, 1.82) is 0 Å². The van der Waals surface area contributed by atoms with E-state index in [9.17, 15) is 4.79 Å². The third kappa shape index (κ3) is 2.20. The molecule has 0 heterocycles. The zero-order valence-corrected chi connectivity index (χ0v) is 10.4. The van der Waals surface area contributed by atoms with Gasteiger partial charge in [0.15, 0.2) is 0 Å². The van der Waals surface area contributed by atoms with Gasteiger partial charge >= 0.3 is 0 Å². The van der Waals surface area contributed by atoms with Crippen LogP contribution in [0, 0.1) is 5.92 Å². The Kier molecular flexibility index (Phi) is 3.20. The molecule has 1 unspecified atom stereocenters. The maximum absolute atomic E-state index is 12.0. The van der Waals surface area contributed by atoms with Crippen LogP contribution in [0.15, 0.2) is 30.3 Å². The quantitative estimate of drug-likeness (QED) is 0.813. The van der Waals surface area contributed by atoms with Gasteiger partial charge in [0.1, 0.15) is 5.54 Å². The lowest BCUT2D eigenvalue weighted by atomic mass is 9.79. The van der Waals surface area contributed by atoms with Gasteiger partial charge in [-0.2, -0.15) is 0 Å². The second-order valence-electron chi connectivity index (χ2n) is 5.11. The van der Waals surface area contributed by atoms with E-state index in [0.29, 0.717) is 6.04 Å². The minimum Gasteiger partial charge on any atom is -0.368 e. The summed E-state index contributed by atoms with van der Waals surface area (Å²) in [6.45, 7) is 4.07. The molecule has 0 bridgehead atoms. The molecule has 1 amide bonds. The summed E-state index contributed by atoms with van der Waals surface area (Å²) in [7, 11) is 0. The monoisotopic (exact) mass is 232 g/mol. The molecule has 92 valence electrons. The van der Waals surface area contributed by atoms with Crippen molar-refractivity contribution in [3.05, 3.63) is 35.9 Å². The van der Waals surface area contributed by atoms with Crippen molar-refractivity contribution in [2.45, 2.75) is 38.3 Å². The number of hydrogen-bond acceptors (Lipinski definition) is 2. The smallest absolute Gasteiger partial charge is 0.242 e. The van der Waals surface area contributed by atoms with Crippen molar-refractivity contribution in [2.24, 2.45) is 11.7 Å². The average molecular weight is 232 g/mol. The van der Waals surface area contributed by atoms with Gasteiger partial charge in [-0.15, -0.1) is 0 Å². The van der Waals surface area contributed by atoms with Crippen LogP contribution in [0.5, 0.6) is 0 Å². The molecule has 1 aromatic rings. The first-order valence-corrected chi connectivity index (χ1v) is 6.20. The maximum atomic E-state index is 12.0. The van der Waals surface area contributed by atoms with E-state index < -0.39 is 5.54 Å². The average Bonchev–Trinajstić information content (AvgIpc) is 3.10. The van der Waals surface area contributed by atoms with E-state index in [2.05, 4.69) is 5.32 Å². The molecule has 1 atom stereocenters. The highest BCUT2D eigenvalue weighted by Gasteiger charge is 2.44. The van der Waals surface area contributed by atoms with Crippen LogP contribution in [0.2, 0.25) is 0 Å². The Morgan fingerprint density at radius 3 is 2.35 bits per heavy atom. The molecule has 3 N–H and O–H groups in total. The van der Waals surface area contributed by atoms with Gasteiger partial charge in [0.2, 0.25) is 5.91 Å². The van der Waals surface area contributed by atoms with E-state index in [1.807, 2.05) is 44.2 Å². The summed E-state index contributed by atoms with van der Waals surface area (Å²) >= 11 is 0. The molecule has 1 aliphatic rings. The predicted molar refractivity (Wildman–Crippen MR) is 68.3 cm³/mol. The molecule has 0 spiro atoms. The Bertz CT molecular complexity index is 398. The summed E-state index contributed by atoms with van der Waals surface area (Å²) in [5, 5.41) is 3.45. The van der Waals surface area contributed by atoms with Crippen molar-refractivity contribution in [3.63, 3.8) is 0 Å². The van der Waals surface area contributed by atoms with Crippen LogP contribution >= 0.6 is 0 Å².